The highest BCUT2D eigenvalue weighted by Gasteiger charge is 2.12. The van der Waals surface area contributed by atoms with Crippen molar-refractivity contribution in [3.05, 3.63) is 138 Å². The number of rotatable bonds is 7. The summed E-state index contributed by atoms with van der Waals surface area (Å²) in [6.07, 6.45) is 0. The molecule has 0 unspecified atom stereocenters. The first-order chi connectivity index (χ1) is 17.2. The van der Waals surface area contributed by atoms with Crippen LogP contribution in [0.25, 0.3) is 11.1 Å². The molecule has 4 nitrogen and oxygen atoms in total. The van der Waals surface area contributed by atoms with Crippen LogP contribution in [0.4, 0.5) is 34.1 Å². The van der Waals surface area contributed by atoms with Crippen LogP contribution in [0.5, 0.6) is 0 Å². The fourth-order valence-electron chi connectivity index (χ4n) is 4.17. The third-order valence-electron chi connectivity index (χ3n) is 6.08. The molecular formula is C31H25N3O. The zero-order chi connectivity index (χ0) is 24.0. The van der Waals surface area contributed by atoms with Gasteiger partial charge in [-0.15, -0.1) is 4.91 Å². The van der Waals surface area contributed by atoms with E-state index in [1.54, 1.807) is 12.1 Å². The van der Waals surface area contributed by atoms with Gasteiger partial charge in [0.1, 0.15) is 5.69 Å². The van der Waals surface area contributed by atoms with Crippen molar-refractivity contribution in [1.82, 2.24) is 0 Å². The van der Waals surface area contributed by atoms with Gasteiger partial charge in [0.2, 0.25) is 0 Å². The highest BCUT2D eigenvalue weighted by Crippen LogP contribution is 2.35. The van der Waals surface area contributed by atoms with Crippen LogP contribution in [0.3, 0.4) is 0 Å². The molecule has 0 aliphatic rings. The van der Waals surface area contributed by atoms with Crippen LogP contribution in [0, 0.1) is 4.91 Å². The molecule has 0 saturated carbocycles. The zero-order valence-corrected chi connectivity index (χ0v) is 19.5. The van der Waals surface area contributed by atoms with E-state index >= 15 is 0 Å². The lowest BCUT2D eigenvalue weighted by Crippen LogP contribution is -2.09. The molecule has 0 fully saturated rings. The van der Waals surface area contributed by atoms with E-state index < -0.39 is 0 Å². The first-order valence-corrected chi connectivity index (χ1v) is 11.5. The molecule has 0 heterocycles. The topological polar surface area (TPSA) is 35.9 Å². The van der Waals surface area contributed by atoms with Gasteiger partial charge in [0.05, 0.1) is 0 Å². The van der Waals surface area contributed by atoms with E-state index in [-0.39, 0.29) is 0 Å². The standard InChI is InChI=1S/C31H25N3O/c1-33(28-22-16-26(32-35)17-23-28)27-18-12-24(13-19-27)25-14-20-31(21-15-25)34(29-8-4-2-5-9-29)30-10-6-3-7-11-30/h2-23H,1H3. The SMILES string of the molecule is CN(c1ccc(N=O)cc1)c1ccc(-c2ccc(N(c3ccccc3)c3ccccc3)cc2)cc1. The van der Waals surface area contributed by atoms with E-state index in [0.717, 1.165) is 39.6 Å². The Hall–Kier alpha value is -4.70. The summed E-state index contributed by atoms with van der Waals surface area (Å²) in [6.45, 7) is 0. The molecule has 0 aliphatic carbocycles. The third kappa shape index (κ3) is 4.82. The molecule has 0 amide bonds. The van der Waals surface area contributed by atoms with Gasteiger partial charge >= 0.3 is 0 Å². The molecule has 0 bridgehead atoms. The van der Waals surface area contributed by atoms with Crippen molar-refractivity contribution in [3.63, 3.8) is 0 Å². The summed E-state index contributed by atoms with van der Waals surface area (Å²) in [6, 6.07) is 45.2. The quantitative estimate of drug-likeness (QED) is 0.230. The Bertz CT molecular complexity index is 1340. The summed E-state index contributed by atoms with van der Waals surface area (Å²) in [7, 11) is 2.01. The maximum Gasteiger partial charge on any atom is 0.108 e. The van der Waals surface area contributed by atoms with Crippen LogP contribution in [-0.4, -0.2) is 7.05 Å². The molecule has 0 aromatic heterocycles. The van der Waals surface area contributed by atoms with Gasteiger partial charge in [-0.3, -0.25) is 0 Å². The predicted octanol–water partition coefficient (Wildman–Crippen LogP) is 8.99. The molecule has 5 rings (SSSR count). The van der Waals surface area contributed by atoms with Crippen molar-refractivity contribution < 1.29 is 0 Å². The predicted molar refractivity (Wildman–Crippen MR) is 147 cm³/mol. The Balaban J connectivity index is 1.39. The second-order valence-corrected chi connectivity index (χ2v) is 8.27. The monoisotopic (exact) mass is 455 g/mol. The number of nitroso groups, excluding NO2 is 1. The van der Waals surface area contributed by atoms with Crippen LogP contribution in [0.1, 0.15) is 0 Å². The second kappa shape index (κ2) is 10.1. The smallest absolute Gasteiger partial charge is 0.108 e. The van der Waals surface area contributed by atoms with Crippen LogP contribution >= 0.6 is 0 Å². The van der Waals surface area contributed by atoms with Crippen molar-refractivity contribution in [1.29, 1.82) is 0 Å². The average molecular weight is 456 g/mol. The molecule has 35 heavy (non-hydrogen) atoms. The lowest BCUT2D eigenvalue weighted by Gasteiger charge is -2.25. The lowest BCUT2D eigenvalue weighted by atomic mass is 10.0. The van der Waals surface area contributed by atoms with E-state index in [9.17, 15) is 4.91 Å². The van der Waals surface area contributed by atoms with Gasteiger partial charge in [-0.1, -0.05) is 60.7 Å². The van der Waals surface area contributed by atoms with Gasteiger partial charge in [-0.05, 0) is 89.1 Å². The molecule has 0 radical (unpaired) electrons. The highest BCUT2D eigenvalue weighted by atomic mass is 16.3. The lowest BCUT2D eigenvalue weighted by molar-refractivity contribution is 1.21. The molecule has 5 aromatic carbocycles. The Morgan fingerprint density at radius 1 is 0.457 bits per heavy atom. The van der Waals surface area contributed by atoms with Crippen LogP contribution in [0.15, 0.2) is 139 Å². The van der Waals surface area contributed by atoms with Gasteiger partial charge < -0.3 is 9.80 Å². The van der Waals surface area contributed by atoms with Gasteiger partial charge in [-0.2, -0.15) is 0 Å². The Kier molecular flexibility index (Phi) is 6.35. The van der Waals surface area contributed by atoms with Gasteiger partial charge in [-0.25, -0.2) is 0 Å². The van der Waals surface area contributed by atoms with Crippen molar-refractivity contribution in [3.8, 4) is 11.1 Å². The maximum absolute atomic E-state index is 10.7. The number of anilines is 5. The molecule has 170 valence electrons. The second-order valence-electron chi connectivity index (χ2n) is 8.27. The maximum atomic E-state index is 10.7. The molecular weight excluding hydrogens is 430 g/mol. The van der Waals surface area contributed by atoms with Crippen molar-refractivity contribution >= 4 is 34.1 Å². The van der Waals surface area contributed by atoms with Crippen molar-refractivity contribution in [2.24, 2.45) is 5.18 Å². The first kappa shape index (κ1) is 22.1. The fourth-order valence-corrected chi connectivity index (χ4v) is 4.17. The summed E-state index contributed by atoms with van der Waals surface area (Å²) in [5, 5.41) is 2.97. The molecule has 0 spiro atoms. The summed E-state index contributed by atoms with van der Waals surface area (Å²) in [4.78, 5) is 15.0. The first-order valence-electron chi connectivity index (χ1n) is 11.5. The molecule has 0 saturated heterocycles. The van der Waals surface area contributed by atoms with E-state index in [1.807, 2.05) is 31.3 Å². The minimum Gasteiger partial charge on any atom is -0.345 e. The average Bonchev–Trinajstić information content (AvgIpc) is 2.94. The molecule has 5 aromatic rings. The van der Waals surface area contributed by atoms with Crippen LogP contribution < -0.4 is 9.80 Å². The summed E-state index contributed by atoms with van der Waals surface area (Å²) in [5.74, 6) is 0. The molecule has 0 aliphatic heterocycles. The third-order valence-corrected chi connectivity index (χ3v) is 6.08. The van der Waals surface area contributed by atoms with Gasteiger partial charge in [0, 0.05) is 35.5 Å². The Morgan fingerprint density at radius 2 is 0.829 bits per heavy atom. The largest absolute Gasteiger partial charge is 0.345 e. The fraction of sp³-hybridized carbons (Fsp3) is 0.0323. The Labute approximate surface area is 205 Å². The number of hydrogen-bond donors (Lipinski definition) is 0. The molecule has 0 N–H and O–H groups in total. The van der Waals surface area contributed by atoms with E-state index in [1.165, 1.54) is 0 Å². The van der Waals surface area contributed by atoms with Gasteiger partial charge in [0.15, 0.2) is 0 Å². The van der Waals surface area contributed by atoms with Crippen molar-refractivity contribution in [2.75, 3.05) is 16.8 Å². The summed E-state index contributed by atoms with van der Waals surface area (Å²) in [5.41, 5.74) is 8.15. The highest BCUT2D eigenvalue weighted by molar-refractivity contribution is 5.78. The normalized spacial score (nSPS) is 10.5. The minimum atomic E-state index is 0.430. The van der Waals surface area contributed by atoms with Gasteiger partial charge in [0.25, 0.3) is 0 Å². The number of benzene rings is 5. The van der Waals surface area contributed by atoms with Crippen LogP contribution in [0.2, 0.25) is 0 Å². The number of para-hydroxylation sites is 2. The minimum absolute atomic E-state index is 0.430. The summed E-state index contributed by atoms with van der Waals surface area (Å²) < 4.78 is 0. The molecule has 0 atom stereocenters. The van der Waals surface area contributed by atoms with E-state index in [2.05, 4.69) is 112 Å². The number of nitrogens with zero attached hydrogens (tertiary/aromatic N) is 3. The van der Waals surface area contributed by atoms with Crippen LogP contribution in [-0.2, 0) is 0 Å². The van der Waals surface area contributed by atoms with E-state index in [0.29, 0.717) is 5.69 Å². The molecule has 4 heteroatoms. The Morgan fingerprint density at radius 3 is 1.26 bits per heavy atom. The van der Waals surface area contributed by atoms with E-state index in [4.69, 9.17) is 0 Å². The zero-order valence-electron chi connectivity index (χ0n) is 19.5. The summed E-state index contributed by atoms with van der Waals surface area (Å²) >= 11 is 0. The number of hydrogen-bond acceptors (Lipinski definition) is 4. The van der Waals surface area contributed by atoms with Crippen molar-refractivity contribution in [2.45, 2.75) is 0 Å².